The fraction of sp³-hybridized carbons (Fsp3) is 0.733. The number of rotatable bonds is 10. The molecule has 0 saturated carbocycles. The number of Topliss-reactive ketones (excluding diaryl/α,β-unsaturated/α-hetero) is 1. The molecule has 0 spiro atoms. The van der Waals surface area contributed by atoms with E-state index in [2.05, 4.69) is 17.9 Å². The number of aliphatic hydroxyl groups excluding tert-OH is 2. The zero-order valence-corrected chi connectivity index (χ0v) is 15.1. The van der Waals surface area contributed by atoms with Crippen LogP contribution >= 0.6 is 12.6 Å². The number of aliphatic hydroxyl groups is 2. The molecular formula is C15H26N2O6S. The lowest BCUT2D eigenvalue weighted by Gasteiger charge is -2.31. The fourth-order valence-corrected chi connectivity index (χ4v) is 1.84. The van der Waals surface area contributed by atoms with Crippen molar-refractivity contribution in [3.05, 3.63) is 0 Å². The number of carbonyl (C=O) groups is 4. The predicted molar refractivity (Wildman–Crippen MR) is 90.4 cm³/mol. The second-order valence-corrected chi connectivity index (χ2v) is 6.58. The maximum absolute atomic E-state index is 12.4. The van der Waals surface area contributed by atoms with Crippen molar-refractivity contribution in [2.75, 3.05) is 25.4 Å². The Balaban J connectivity index is 5.12. The smallest absolute Gasteiger partial charge is 0.258 e. The molecule has 0 aromatic rings. The molecule has 0 aromatic heterocycles. The van der Waals surface area contributed by atoms with Gasteiger partial charge < -0.3 is 15.5 Å². The second kappa shape index (κ2) is 10.4. The van der Waals surface area contributed by atoms with Crippen LogP contribution in [0, 0.1) is 5.41 Å². The first-order valence-corrected chi connectivity index (χ1v) is 8.20. The Kier molecular flexibility index (Phi) is 9.79. The first-order valence-electron chi connectivity index (χ1n) is 7.57. The van der Waals surface area contributed by atoms with Crippen molar-refractivity contribution < 1.29 is 29.4 Å². The standard InChI is InChI=1S/C15H26N2O6S/c1-10(19)8-12(21)17(6-4-11(20)16-5-7-24)14(23)13(22)15(2,3)9-18/h13,18,22,24H,4-9H2,1-3H3,(H,16,20)/t13-/m0/s1. The average molecular weight is 362 g/mol. The monoisotopic (exact) mass is 362 g/mol. The summed E-state index contributed by atoms with van der Waals surface area (Å²) in [5, 5.41) is 21.9. The Bertz CT molecular complexity index is 481. The van der Waals surface area contributed by atoms with Gasteiger partial charge in [-0.25, -0.2) is 0 Å². The Labute approximate surface area is 147 Å². The summed E-state index contributed by atoms with van der Waals surface area (Å²) in [6.07, 6.45) is -2.30. The summed E-state index contributed by atoms with van der Waals surface area (Å²) in [4.78, 5) is 48.0. The van der Waals surface area contributed by atoms with Crippen molar-refractivity contribution in [3.8, 4) is 0 Å². The van der Waals surface area contributed by atoms with Gasteiger partial charge in [-0.15, -0.1) is 0 Å². The van der Waals surface area contributed by atoms with Gasteiger partial charge in [0.2, 0.25) is 11.8 Å². The van der Waals surface area contributed by atoms with E-state index in [0.717, 1.165) is 0 Å². The van der Waals surface area contributed by atoms with E-state index < -0.39 is 42.1 Å². The van der Waals surface area contributed by atoms with Crippen LogP contribution in [0.2, 0.25) is 0 Å². The number of carbonyl (C=O) groups excluding carboxylic acids is 4. The number of imide groups is 1. The highest BCUT2D eigenvalue weighted by Crippen LogP contribution is 2.21. The minimum atomic E-state index is -1.64. The zero-order valence-electron chi connectivity index (χ0n) is 14.2. The SMILES string of the molecule is CC(=O)CC(=O)N(CCC(=O)NCCS)C(=O)[C@H](O)C(C)(C)CO. The lowest BCUT2D eigenvalue weighted by atomic mass is 9.86. The van der Waals surface area contributed by atoms with Crippen LogP contribution in [0.3, 0.4) is 0 Å². The Morgan fingerprint density at radius 3 is 2.29 bits per heavy atom. The second-order valence-electron chi connectivity index (χ2n) is 6.14. The van der Waals surface area contributed by atoms with Crippen LogP contribution in [-0.2, 0) is 19.2 Å². The van der Waals surface area contributed by atoms with Gasteiger partial charge in [0, 0.05) is 30.7 Å². The molecule has 0 aliphatic heterocycles. The number of amides is 3. The summed E-state index contributed by atoms with van der Waals surface area (Å²) < 4.78 is 0. The molecule has 3 N–H and O–H groups in total. The quantitative estimate of drug-likeness (QED) is 0.296. The van der Waals surface area contributed by atoms with Crippen molar-refractivity contribution in [2.24, 2.45) is 5.41 Å². The van der Waals surface area contributed by atoms with Crippen molar-refractivity contribution in [1.29, 1.82) is 0 Å². The van der Waals surface area contributed by atoms with Crippen LogP contribution < -0.4 is 5.32 Å². The van der Waals surface area contributed by atoms with E-state index in [9.17, 15) is 29.4 Å². The highest BCUT2D eigenvalue weighted by molar-refractivity contribution is 7.80. The average Bonchev–Trinajstić information content (AvgIpc) is 2.51. The van der Waals surface area contributed by atoms with Gasteiger partial charge in [0.1, 0.15) is 11.9 Å². The fourth-order valence-electron chi connectivity index (χ4n) is 1.73. The van der Waals surface area contributed by atoms with Gasteiger partial charge in [-0.05, 0) is 6.92 Å². The van der Waals surface area contributed by atoms with E-state index in [-0.39, 0.29) is 18.9 Å². The molecule has 0 heterocycles. The minimum absolute atomic E-state index is 0.157. The Hall–Kier alpha value is -1.45. The third-order valence-electron chi connectivity index (χ3n) is 3.35. The zero-order chi connectivity index (χ0) is 18.9. The third kappa shape index (κ3) is 7.41. The Morgan fingerprint density at radius 2 is 1.83 bits per heavy atom. The molecule has 0 fully saturated rings. The summed E-state index contributed by atoms with van der Waals surface area (Å²) in [6, 6.07) is 0. The predicted octanol–water partition coefficient (Wildman–Crippen LogP) is -0.864. The van der Waals surface area contributed by atoms with Gasteiger partial charge in [0.25, 0.3) is 5.91 Å². The van der Waals surface area contributed by atoms with Crippen molar-refractivity contribution in [1.82, 2.24) is 10.2 Å². The summed E-state index contributed by atoms with van der Waals surface area (Å²) >= 11 is 3.95. The van der Waals surface area contributed by atoms with Gasteiger partial charge in [-0.1, -0.05) is 13.8 Å². The molecule has 0 bridgehead atoms. The molecule has 3 amide bonds. The van der Waals surface area contributed by atoms with Gasteiger partial charge in [-0.3, -0.25) is 24.1 Å². The molecule has 0 saturated heterocycles. The largest absolute Gasteiger partial charge is 0.396 e. The van der Waals surface area contributed by atoms with E-state index in [1.54, 1.807) is 0 Å². The maximum Gasteiger partial charge on any atom is 0.258 e. The van der Waals surface area contributed by atoms with E-state index in [4.69, 9.17) is 0 Å². The first kappa shape index (κ1) is 22.6. The molecule has 8 nitrogen and oxygen atoms in total. The highest BCUT2D eigenvalue weighted by Gasteiger charge is 2.38. The van der Waals surface area contributed by atoms with E-state index in [1.165, 1.54) is 20.8 Å². The lowest BCUT2D eigenvalue weighted by molar-refractivity contribution is -0.156. The number of nitrogens with one attached hydrogen (secondary N) is 1. The van der Waals surface area contributed by atoms with Crippen molar-refractivity contribution in [2.45, 2.75) is 39.7 Å². The van der Waals surface area contributed by atoms with Gasteiger partial charge in [-0.2, -0.15) is 12.6 Å². The Morgan fingerprint density at radius 1 is 1.25 bits per heavy atom. The van der Waals surface area contributed by atoms with Gasteiger partial charge in [0.05, 0.1) is 13.0 Å². The minimum Gasteiger partial charge on any atom is -0.396 e. The van der Waals surface area contributed by atoms with Crippen LogP contribution in [0.25, 0.3) is 0 Å². The molecule has 0 aliphatic carbocycles. The number of hydrogen-bond acceptors (Lipinski definition) is 7. The highest BCUT2D eigenvalue weighted by atomic mass is 32.1. The molecule has 0 radical (unpaired) electrons. The topological polar surface area (TPSA) is 124 Å². The summed E-state index contributed by atoms with van der Waals surface area (Å²) in [7, 11) is 0. The molecule has 0 aliphatic rings. The maximum atomic E-state index is 12.4. The number of hydrogen-bond donors (Lipinski definition) is 4. The van der Waals surface area contributed by atoms with Crippen LogP contribution in [0.15, 0.2) is 0 Å². The van der Waals surface area contributed by atoms with Gasteiger partial charge >= 0.3 is 0 Å². The van der Waals surface area contributed by atoms with Crippen molar-refractivity contribution >= 4 is 36.1 Å². The molecular weight excluding hydrogens is 336 g/mol. The molecule has 0 rings (SSSR count). The summed E-state index contributed by atoms with van der Waals surface area (Å²) in [5.41, 5.74) is -1.17. The van der Waals surface area contributed by atoms with Crippen LogP contribution in [-0.4, -0.2) is 70.2 Å². The lowest BCUT2D eigenvalue weighted by Crippen LogP contribution is -2.50. The van der Waals surface area contributed by atoms with Crippen LogP contribution in [0.4, 0.5) is 0 Å². The van der Waals surface area contributed by atoms with E-state index in [0.29, 0.717) is 17.2 Å². The molecule has 1 atom stereocenters. The number of ketones is 1. The molecule has 0 unspecified atom stereocenters. The normalized spacial score (nSPS) is 12.4. The van der Waals surface area contributed by atoms with Crippen LogP contribution in [0.1, 0.15) is 33.6 Å². The summed E-state index contributed by atoms with van der Waals surface area (Å²) in [5.74, 6) is -2.10. The van der Waals surface area contributed by atoms with E-state index >= 15 is 0 Å². The van der Waals surface area contributed by atoms with Crippen molar-refractivity contribution in [3.63, 3.8) is 0 Å². The molecule has 0 aromatic carbocycles. The first-order chi connectivity index (χ1) is 11.1. The van der Waals surface area contributed by atoms with Crippen LogP contribution in [0.5, 0.6) is 0 Å². The molecule has 9 heteroatoms. The van der Waals surface area contributed by atoms with Gasteiger partial charge in [0.15, 0.2) is 0 Å². The molecule has 24 heavy (non-hydrogen) atoms. The van der Waals surface area contributed by atoms with E-state index in [1.807, 2.05) is 0 Å². The number of nitrogens with zero attached hydrogens (tertiary/aromatic N) is 1. The molecule has 138 valence electrons. The third-order valence-corrected chi connectivity index (χ3v) is 3.57. The number of thiol groups is 1. The summed E-state index contributed by atoms with van der Waals surface area (Å²) in [6.45, 7) is 3.73.